The van der Waals surface area contributed by atoms with Crippen LogP contribution in [0.2, 0.25) is 0 Å². The molecule has 8 heteroatoms. The summed E-state index contributed by atoms with van der Waals surface area (Å²) in [4.78, 5) is 0. The molecule has 1 unspecified atom stereocenters. The molecule has 0 saturated heterocycles. The molecule has 2 aromatic carbocycles. The van der Waals surface area contributed by atoms with Crippen molar-refractivity contribution in [3.05, 3.63) is 69.9 Å². The Morgan fingerprint density at radius 2 is 1.48 bits per heavy atom. The van der Waals surface area contributed by atoms with E-state index in [1.807, 2.05) is 0 Å². The molecule has 23 heavy (non-hydrogen) atoms. The fraction of sp³-hybridized carbons (Fsp3) is 0.200. The van der Waals surface area contributed by atoms with E-state index in [2.05, 4.69) is 15.9 Å². The summed E-state index contributed by atoms with van der Waals surface area (Å²) in [5, 5.41) is 10.4. The van der Waals surface area contributed by atoms with E-state index in [0.717, 1.165) is 30.3 Å². The average molecular weight is 399 g/mol. The van der Waals surface area contributed by atoms with Crippen LogP contribution in [0.4, 0.5) is 26.3 Å². The number of hydrogen-bond acceptors (Lipinski definition) is 1. The molecule has 124 valence electrons. The van der Waals surface area contributed by atoms with Gasteiger partial charge in [-0.05, 0) is 23.8 Å². The normalized spacial score (nSPS) is 15.3. The molecule has 0 bridgehead atoms. The minimum atomic E-state index is -6.09. The molecule has 0 aliphatic rings. The van der Waals surface area contributed by atoms with E-state index in [1.54, 1.807) is 0 Å². The van der Waals surface area contributed by atoms with Gasteiger partial charge in [0.1, 0.15) is 5.82 Å². The van der Waals surface area contributed by atoms with Crippen molar-refractivity contribution in [1.82, 2.24) is 0 Å². The monoisotopic (exact) mass is 398 g/mol. The summed E-state index contributed by atoms with van der Waals surface area (Å²) in [6.45, 7) is 0. The number of benzene rings is 2. The standard InChI is InChI=1S/C15H9BrF6O/c16-10-5-3-4-9(8-10)13(23,14(18,19)15(20,21)22)11-6-1-2-7-12(11)17/h1-8,23H. The highest BCUT2D eigenvalue weighted by Gasteiger charge is 2.71. The van der Waals surface area contributed by atoms with Crippen molar-refractivity contribution < 1.29 is 31.4 Å². The molecule has 0 radical (unpaired) electrons. The zero-order chi connectivity index (χ0) is 17.5. The summed E-state index contributed by atoms with van der Waals surface area (Å²) in [5.41, 5.74) is -5.87. The Morgan fingerprint density at radius 1 is 0.870 bits per heavy atom. The fourth-order valence-corrected chi connectivity index (χ4v) is 2.58. The maximum atomic E-state index is 14.1. The van der Waals surface area contributed by atoms with Crippen molar-refractivity contribution in [2.45, 2.75) is 17.7 Å². The Kier molecular flexibility index (Phi) is 4.51. The summed E-state index contributed by atoms with van der Waals surface area (Å²) in [5.74, 6) is -7.00. The zero-order valence-electron chi connectivity index (χ0n) is 11.2. The van der Waals surface area contributed by atoms with Crippen LogP contribution in [0.5, 0.6) is 0 Å². The van der Waals surface area contributed by atoms with E-state index in [-0.39, 0.29) is 4.47 Å². The molecule has 0 aromatic heterocycles. The maximum Gasteiger partial charge on any atom is 0.457 e. The highest BCUT2D eigenvalue weighted by molar-refractivity contribution is 9.10. The third kappa shape index (κ3) is 2.85. The summed E-state index contributed by atoms with van der Waals surface area (Å²) in [6.07, 6.45) is -6.09. The Hall–Kier alpha value is -1.54. The number of rotatable bonds is 3. The van der Waals surface area contributed by atoms with Crippen molar-refractivity contribution in [3.8, 4) is 0 Å². The van der Waals surface area contributed by atoms with E-state index in [1.165, 1.54) is 6.07 Å². The van der Waals surface area contributed by atoms with Crippen molar-refractivity contribution in [2.24, 2.45) is 0 Å². The fourth-order valence-electron chi connectivity index (χ4n) is 2.18. The minimum Gasteiger partial charge on any atom is -0.374 e. The molecular formula is C15H9BrF6O. The van der Waals surface area contributed by atoms with Crippen molar-refractivity contribution in [2.75, 3.05) is 0 Å². The average Bonchev–Trinajstić information content (AvgIpc) is 2.45. The van der Waals surface area contributed by atoms with E-state index >= 15 is 0 Å². The SMILES string of the molecule is OC(c1cccc(Br)c1)(c1ccccc1F)C(F)(F)C(F)(F)F. The topological polar surface area (TPSA) is 20.2 Å². The first kappa shape index (κ1) is 17.8. The Bertz CT molecular complexity index is 715. The summed E-state index contributed by atoms with van der Waals surface area (Å²) < 4.78 is 80.9. The van der Waals surface area contributed by atoms with Gasteiger partial charge in [-0.15, -0.1) is 0 Å². The van der Waals surface area contributed by atoms with Crippen LogP contribution in [0.15, 0.2) is 53.0 Å². The summed E-state index contributed by atoms with van der Waals surface area (Å²) in [7, 11) is 0. The summed E-state index contributed by atoms with van der Waals surface area (Å²) >= 11 is 2.93. The van der Waals surface area contributed by atoms with Gasteiger partial charge < -0.3 is 5.11 Å². The van der Waals surface area contributed by atoms with Crippen molar-refractivity contribution >= 4 is 15.9 Å². The van der Waals surface area contributed by atoms with Gasteiger partial charge in [0.2, 0.25) is 0 Å². The Balaban J connectivity index is 2.83. The number of aliphatic hydroxyl groups is 1. The third-order valence-electron chi connectivity index (χ3n) is 3.32. The van der Waals surface area contributed by atoms with Crippen LogP contribution in [0, 0.1) is 5.82 Å². The van der Waals surface area contributed by atoms with E-state index in [9.17, 15) is 31.4 Å². The third-order valence-corrected chi connectivity index (χ3v) is 3.81. The van der Waals surface area contributed by atoms with Gasteiger partial charge in [0.05, 0.1) is 0 Å². The quantitative estimate of drug-likeness (QED) is 0.719. The van der Waals surface area contributed by atoms with Crippen molar-refractivity contribution in [1.29, 1.82) is 0 Å². The van der Waals surface area contributed by atoms with E-state index < -0.39 is 34.6 Å². The first-order valence-corrected chi connectivity index (χ1v) is 6.99. The van der Waals surface area contributed by atoms with Crippen LogP contribution in [0.3, 0.4) is 0 Å². The van der Waals surface area contributed by atoms with Gasteiger partial charge in [0.25, 0.3) is 0 Å². The first-order chi connectivity index (χ1) is 10.5. The molecule has 0 spiro atoms. The lowest BCUT2D eigenvalue weighted by Crippen LogP contribution is -2.56. The first-order valence-electron chi connectivity index (χ1n) is 6.20. The van der Waals surface area contributed by atoms with Crippen LogP contribution < -0.4 is 0 Å². The molecule has 1 atom stereocenters. The largest absolute Gasteiger partial charge is 0.457 e. The molecule has 0 amide bonds. The maximum absolute atomic E-state index is 14.1. The van der Waals surface area contributed by atoms with E-state index in [4.69, 9.17) is 0 Å². The Morgan fingerprint density at radius 3 is 2.00 bits per heavy atom. The minimum absolute atomic E-state index is 0.155. The summed E-state index contributed by atoms with van der Waals surface area (Å²) in [6, 6.07) is 7.86. The highest BCUT2D eigenvalue weighted by Crippen LogP contribution is 2.52. The van der Waals surface area contributed by atoms with Crippen molar-refractivity contribution in [3.63, 3.8) is 0 Å². The molecule has 1 nitrogen and oxygen atoms in total. The molecule has 0 fully saturated rings. The number of alkyl halides is 5. The number of hydrogen-bond donors (Lipinski definition) is 1. The molecule has 2 aromatic rings. The van der Waals surface area contributed by atoms with Gasteiger partial charge in [0, 0.05) is 10.0 Å². The van der Waals surface area contributed by atoms with E-state index in [0.29, 0.717) is 12.1 Å². The predicted octanol–water partition coefficient (Wildman–Crippen LogP) is 5.02. The predicted molar refractivity (Wildman–Crippen MR) is 74.5 cm³/mol. The zero-order valence-corrected chi connectivity index (χ0v) is 12.8. The lowest BCUT2D eigenvalue weighted by molar-refractivity contribution is -0.337. The van der Waals surface area contributed by atoms with Gasteiger partial charge >= 0.3 is 12.1 Å². The lowest BCUT2D eigenvalue weighted by atomic mass is 9.80. The van der Waals surface area contributed by atoms with Crippen LogP contribution in [-0.4, -0.2) is 17.2 Å². The van der Waals surface area contributed by atoms with Crippen LogP contribution >= 0.6 is 15.9 Å². The molecular weight excluding hydrogens is 390 g/mol. The van der Waals surface area contributed by atoms with Gasteiger partial charge in [-0.1, -0.05) is 46.3 Å². The van der Waals surface area contributed by atoms with Crippen LogP contribution in [-0.2, 0) is 5.60 Å². The van der Waals surface area contributed by atoms with Gasteiger partial charge in [-0.2, -0.15) is 22.0 Å². The molecule has 0 aliphatic heterocycles. The molecule has 2 rings (SSSR count). The smallest absolute Gasteiger partial charge is 0.374 e. The lowest BCUT2D eigenvalue weighted by Gasteiger charge is -2.37. The molecule has 1 N–H and O–H groups in total. The second kappa shape index (κ2) is 5.83. The Labute approximate surface area is 135 Å². The van der Waals surface area contributed by atoms with Gasteiger partial charge in [0.15, 0.2) is 5.60 Å². The highest BCUT2D eigenvalue weighted by atomic mass is 79.9. The van der Waals surface area contributed by atoms with Crippen LogP contribution in [0.1, 0.15) is 11.1 Å². The van der Waals surface area contributed by atoms with Gasteiger partial charge in [-0.3, -0.25) is 0 Å². The molecule has 0 saturated carbocycles. The number of halogens is 7. The second-order valence-corrected chi connectivity index (χ2v) is 5.69. The second-order valence-electron chi connectivity index (χ2n) is 4.77. The molecule has 0 heterocycles. The van der Waals surface area contributed by atoms with Gasteiger partial charge in [-0.25, -0.2) is 4.39 Å². The van der Waals surface area contributed by atoms with Crippen LogP contribution in [0.25, 0.3) is 0 Å². The molecule has 0 aliphatic carbocycles.